The van der Waals surface area contributed by atoms with E-state index in [0.29, 0.717) is 24.9 Å². The van der Waals surface area contributed by atoms with E-state index < -0.39 is 6.10 Å². The molecule has 0 aromatic carbocycles. The zero-order valence-electron chi connectivity index (χ0n) is 11.1. The number of amides is 1. The lowest BCUT2D eigenvalue weighted by molar-refractivity contribution is -0.131. The molecule has 0 heterocycles. The number of likely N-dealkylation sites (N-methyl/N-ethyl adjacent to an activating group) is 1. The summed E-state index contributed by atoms with van der Waals surface area (Å²) in [4.78, 5) is 13.4. The van der Waals surface area contributed by atoms with Crippen LogP contribution in [0.2, 0.25) is 0 Å². The first-order valence-corrected chi connectivity index (χ1v) is 6.66. The molecule has 0 aliphatic heterocycles. The summed E-state index contributed by atoms with van der Waals surface area (Å²) in [6.45, 7) is 2.12. The summed E-state index contributed by atoms with van der Waals surface area (Å²) in [5.41, 5.74) is 5.93. The van der Waals surface area contributed by atoms with Gasteiger partial charge in [0.25, 0.3) is 0 Å². The van der Waals surface area contributed by atoms with Gasteiger partial charge in [-0.15, -0.1) is 0 Å². The Bertz CT molecular complexity index is 244. The molecule has 1 saturated carbocycles. The van der Waals surface area contributed by atoms with Crippen LogP contribution in [0.5, 0.6) is 0 Å². The molecule has 1 fully saturated rings. The maximum Gasteiger partial charge on any atom is 0.222 e. The Morgan fingerprint density at radius 2 is 2.24 bits per heavy atom. The van der Waals surface area contributed by atoms with E-state index >= 15 is 0 Å². The van der Waals surface area contributed by atoms with Gasteiger partial charge in [-0.1, -0.05) is 12.8 Å². The quantitative estimate of drug-likeness (QED) is 0.759. The van der Waals surface area contributed by atoms with Gasteiger partial charge in [-0.05, 0) is 32.1 Å². The third-order valence-corrected chi connectivity index (χ3v) is 3.55. The van der Waals surface area contributed by atoms with Crippen LogP contribution in [-0.4, -0.2) is 41.7 Å². The van der Waals surface area contributed by atoms with Crippen molar-refractivity contribution in [3.8, 4) is 0 Å². The monoisotopic (exact) mass is 242 g/mol. The molecule has 3 unspecified atom stereocenters. The number of nitrogens with two attached hydrogens (primary N) is 1. The van der Waals surface area contributed by atoms with Gasteiger partial charge in [0.2, 0.25) is 5.91 Å². The van der Waals surface area contributed by atoms with Crippen molar-refractivity contribution in [2.45, 2.75) is 57.6 Å². The van der Waals surface area contributed by atoms with E-state index in [9.17, 15) is 9.90 Å². The van der Waals surface area contributed by atoms with Gasteiger partial charge < -0.3 is 15.7 Å². The van der Waals surface area contributed by atoms with Gasteiger partial charge in [0.15, 0.2) is 0 Å². The number of rotatable bonds is 5. The van der Waals surface area contributed by atoms with Crippen LogP contribution < -0.4 is 5.73 Å². The second kappa shape index (κ2) is 6.97. The lowest BCUT2D eigenvalue weighted by Crippen LogP contribution is -2.34. The lowest BCUT2D eigenvalue weighted by atomic mass is 9.83. The summed E-state index contributed by atoms with van der Waals surface area (Å²) in [6.07, 6.45) is 5.67. The molecule has 0 radical (unpaired) electrons. The maximum absolute atomic E-state index is 11.8. The van der Waals surface area contributed by atoms with Gasteiger partial charge >= 0.3 is 0 Å². The van der Waals surface area contributed by atoms with Crippen LogP contribution in [-0.2, 0) is 4.79 Å². The van der Waals surface area contributed by atoms with E-state index in [-0.39, 0.29) is 5.91 Å². The van der Waals surface area contributed by atoms with Gasteiger partial charge in [0.1, 0.15) is 0 Å². The second-order valence-corrected chi connectivity index (χ2v) is 5.45. The summed E-state index contributed by atoms with van der Waals surface area (Å²) in [7, 11) is 1.75. The van der Waals surface area contributed by atoms with Gasteiger partial charge in [0.05, 0.1) is 6.10 Å². The minimum absolute atomic E-state index is 0.130. The van der Waals surface area contributed by atoms with Crippen molar-refractivity contribution >= 4 is 5.91 Å². The van der Waals surface area contributed by atoms with Crippen molar-refractivity contribution in [1.82, 2.24) is 4.90 Å². The van der Waals surface area contributed by atoms with Crippen LogP contribution in [0.4, 0.5) is 0 Å². The minimum Gasteiger partial charge on any atom is -0.392 e. The fourth-order valence-corrected chi connectivity index (χ4v) is 2.61. The summed E-state index contributed by atoms with van der Waals surface area (Å²) in [5, 5.41) is 9.21. The normalized spacial score (nSPS) is 26.6. The van der Waals surface area contributed by atoms with Crippen molar-refractivity contribution in [2.24, 2.45) is 11.7 Å². The first-order chi connectivity index (χ1) is 7.99. The van der Waals surface area contributed by atoms with Crippen LogP contribution in [0.1, 0.15) is 45.4 Å². The van der Waals surface area contributed by atoms with Crippen LogP contribution in [0.25, 0.3) is 0 Å². The Morgan fingerprint density at radius 3 is 2.82 bits per heavy atom. The zero-order chi connectivity index (χ0) is 12.8. The number of hydrogen-bond donors (Lipinski definition) is 2. The predicted molar refractivity (Wildman–Crippen MR) is 68.5 cm³/mol. The molecule has 1 aliphatic rings. The molecule has 1 rings (SSSR count). The van der Waals surface area contributed by atoms with Crippen LogP contribution in [0, 0.1) is 5.92 Å². The highest BCUT2D eigenvalue weighted by molar-refractivity contribution is 5.75. The Kier molecular flexibility index (Phi) is 5.92. The number of aliphatic hydroxyl groups is 1. The standard InChI is InChI=1S/C13H26N2O2/c1-10(16)9-15(2)13(17)7-6-11-4-3-5-12(14)8-11/h10-12,16H,3-9,14H2,1-2H3. The number of carbonyl (C=O) groups is 1. The Morgan fingerprint density at radius 1 is 1.53 bits per heavy atom. The Hall–Kier alpha value is -0.610. The van der Waals surface area contributed by atoms with E-state index in [0.717, 1.165) is 19.3 Å². The summed E-state index contributed by atoms with van der Waals surface area (Å²) >= 11 is 0. The van der Waals surface area contributed by atoms with Crippen molar-refractivity contribution < 1.29 is 9.90 Å². The molecule has 0 spiro atoms. The van der Waals surface area contributed by atoms with Crippen molar-refractivity contribution in [3.63, 3.8) is 0 Å². The molecule has 3 atom stereocenters. The third kappa shape index (κ3) is 5.50. The zero-order valence-corrected chi connectivity index (χ0v) is 11.1. The number of carbonyl (C=O) groups excluding carboxylic acids is 1. The largest absolute Gasteiger partial charge is 0.392 e. The first-order valence-electron chi connectivity index (χ1n) is 6.66. The summed E-state index contributed by atoms with van der Waals surface area (Å²) in [6, 6.07) is 0.332. The van der Waals surface area contributed by atoms with Gasteiger partial charge in [-0.2, -0.15) is 0 Å². The van der Waals surface area contributed by atoms with Crippen molar-refractivity contribution in [2.75, 3.05) is 13.6 Å². The SMILES string of the molecule is CC(O)CN(C)C(=O)CCC1CCCC(N)C1. The van der Waals surface area contributed by atoms with E-state index in [1.54, 1.807) is 18.9 Å². The number of aliphatic hydroxyl groups excluding tert-OH is 1. The summed E-state index contributed by atoms with van der Waals surface area (Å²) in [5.74, 6) is 0.743. The maximum atomic E-state index is 11.8. The highest BCUT2D eigenvalue weighted by atomic mass is 16.3. The molecular formula is C13H26N2O2. The van der Waals surface area contributed by atoms with E-state index in [1.807, 2.05) is 0 Å². The average Bonchev–Trinajstić information content (AvgIpc) is 2.25. The second-order valence-electron chi connectivity index (χ2n) is 5.45. The van der Waals surface area contributed by atoms with E-state index in [2.05, 4.69) is 0 Å². The predicted octanol–water partition coefficient (Wildman–Crippen LogP) is 1.12. The van der Waals surface area contributed by atoms with Crippen LogP contribution in [0.15, 0.2) is 0 Å². The van der Waals surface area contributed by atoms with Gasteiger partial charge in [-0.25, -0.2) is 0 Å². The third-order valence-electron chi connectivity index (χ3n) is 3.55. The van der Waals surface area contributed by atoms with Crippen molar-refractivity contribution in [3.05, 3.63) is 0 Å². The van der Waals surface area contributed by atoms with Gasteiger partial charge in [0, 0.05) is 26.1 Å². The molecule has 0 aromatic heterocycles. The molecule has 1 amide bonds. The Labute approximate surface area is 104 Å². The van der Waals surface area contributed by atoms with Crippen LogP contribution >= 0.6 is 0 Å². The Balaban J connectivity index is 2.22. The lowest BCUT2D eigenvalue weighted by Gasteiger charge is -2.27. The molecule has 0 bridgehead atoms. The smallest absolute Gasteiger partial charge is 0.222 e. The summed E-state index contributed by atoms with van der Waals surface area (Å²) < 4.78 is 0. The highest BCUT2D eigenvalue weighted by Crippen LogP contribution is 2.26. The minimum atomic E-state index is -0.452. The fraction of sp³-hybridized carbons (Fsp3) is 0.923. The fourth-order valence-electron chi connectivity index (χ4n) is 2.61. The van der Waals surface area contributed by atoms with Crippen molar-refractivity contribution in [1.29, 1.82) is 0 Å². The molecule has 3 N–H and O–H groups in total. The molecule has 0 aromatic rings. The topological polar surface area (TPSA) is 66.6 Å². The molecule has 1 aliphatic carbocycles. The number of nitrogens with zero attached hydrogens (tertiary/aromatic N) is 1. The average molecular weight is 242 g/mol. The molecule has 0 saturated heterocycles. The molecule has 4 nitrogen and oxygen atoms in total. The number of hydrogen-bond acceptors (Lipinski definition) is 3. The van der Waals surface area contributed by atoms with E-state index in [4.69, 9.17) is 5.73 Å². The van der Waals surface area contributed by atoms with Gasteiger partial charge in [-0.3, -0.25) is 4.79 Å². The molecular weight excluding hydrogens is 216 g/mol. The highest BCUT2D eigenvalue weighted by Gasteiger charge is 2.20. The van der Waals surface area contributed by atoms with E-state index in [1.165, 1.54) is 12.8 Å². The molecule has 4 heteroatoms. The molecule has 100 valence electrons. The van der Waals surface area contributed by atoms with Crippen LogP contribution in [0.3, 0.4) is 0 Å². The first kappa shape index (κ1) is 14.5. The molecule has 17 heavy (non-hydrogen) atoms.